The van der Waals surface area contributed by atoms with Crippen LogP contribution in [-0.2, 0) is 4.79 Å². The van der Waals surface area contributed by atoms with Crippen molar-refractivity contribution >= 4 is 11.9 Å². The Morgan fingerprint density at radius 2 is 2.18 bits per heavy atom. The van der Waals surface area contributed by atoms with E-state index in [4.69, 9.17) is 10.2 Å². The number of amides is 1. The smallest absolute Gasteiger partial charge is 0.326 e. The van der Waals surface area contributed by atoms with Gasteiger partial charge in [-0.15, -0.1) is 0 Å². The zero-order chi connectivity index (χ0) is 12.8. The Labute approximate surface area is 98.3 Å². The van der Waals surface area contributed by atoms with Crippen molar-refractivity contribution in [2.45, 2.75) is 25.8 Å². The number of carboxylic acids is 1. The topological polar surface area (TPSA) is 99.5 Å². The zero-order valence-electron chi connectivity index (χ0n) is 9.38. The number of nitrogens with zero attached hydrogens (tertiary/aromatic N) is 1. The summed E-state index contributed by atoms with van der Waals surface area (Å²) in [6.07, 6.45) is 3.46. The highest BCUT2D eigenvalue weighted by atomic mass is 16.4. The van der Waals surface area contributed by atoms with Crippen LogP contribution in [0.1, 0.15) is 30.1 Å². The fourth-order valence-electron chi connectivity index (χ4n) is 1.34. The minimum absolute atomic E-state index is 0.132. The Kier molecular flexibility index (Phi) is 4.45. The molecular weight excluding hydrogens is 224 g/mol. The predicted molar refractivity (Wildman–Crippen MR) is 59.7 cm³/mol. The molecule has 1 rings (SSSR count). The highest BCUT2D eigenvalue weighted by Gasteiger charge is 2.19. The molecule has 1 aromatic rings. The van der Waals surface area contributed by atoms with Crippen molar-refractivity contribution in [3.63, 3.8) is 0 Å². The molecule has 0 bridgehead atoms. The van der Waals surface area contributed by atoms with Gasteiger partial charge >= 0.3 is 5.97 Å². The molecule has 1 amide bonds. The molecular formula is C11H14N2O4. The number of rotatable bonds is 5. The summed E-state index contributed by atoms with van der Waals surface area (Å²) in [6.45, 7) is 1.83. The number of aromatic hydroxyl groups is 1. The minimum atomic E-state index is -1.08. The van der Waals surface area contributed by atoms with Crippen LogP contribution in [0.3, 0.4) is 0 Å². The van der Waals surface area contributed by atoms with Gasteiger partial charge in [0.15, 0.2) is 0 Å². The maximum absolute atomic E-state index is 11.7. The molecule has 3 N–H and O–H groups in total. The summed E-state index contributed by atoms with van der Waals surface area (Å²) >= 11 is 0. The minimum Gasteiger partial charge on any atom is -0.506 e. The first-order valence-corrected chi connectivity index (χ1v) is 5.22. The molecule has 0 radical (unpaired) electrons. The first-order valence-electron chi connectivity index (χ1n) is 5.22. The molecule has 0 aliphatic rings. The Balaban J connectivity index is 2.73. The number of carboxylic acid groups (broad SMARTS) is 1. The van der Waals surface area contributed by atoms with E-state index in [2.05, 4.69) is 10.3 Å². The van der Waals surface area contributed by atoms with E-state index in [1.54, 1.807) is 0 Å². The number of hydrogen-bond acceptors (Lipinski definition) is 4. The van der Waals surface area contributed by atoms with Crippen LogP contribution in [0.15, 0.2) is 18.5 Å². The molecule has 1 unspecified atom stereocenters. The molecule has 0 aliphatic carbocycles. The summed E-state index contributed by atoms with van der Waals surface area (Å²) in [4.78, 5) is 26.1. The first kappa shape index (κ1) is 13.0. The van der Waals surface area contributed by atoms with Gasteiger partial charge in [0.25, 0.3) is 5.91 Å². The quantitative estimate of drug-likeness (QED) is 0.703. The Bertz CT molecular complexity index is 420. The average Bonchev–Trinajstić information content (AvgIpc) is 2.28. The lowest BCUT2D eigenvalue weighted by Crippen LogP contribution is -2.40. The van der Waals surface area contributed by atoms with E-state index in [-0.39, 0.29) is 11.3 Å². The second-order valence-corrected chi connectivity index (χ2v) is 3.58. The van der Waals surface area contributed by atoms with Crippen LogP contribution in [0, 0.1) is 0 Å². The van der Waals surface area contributed by atoms with Crippen LogP contribution in [0.5, 0.6) is 5.75 Å². The van der Waals surface area contributed by atoms with Crippen LogP contribution in [0.25, 0.3) is 0 Å². The van der Waals surface area contributed by atoms with E-state index < -0.39 is 17.9 Å². The van der Waals surface area contributed by atoms with Crippen molar-refractivity contribution in [2.75, 3.05) is 0 Å². The van der Waals surface area contributed by atoms with Crippen molar-refractivity contribution in [1.82, 2.24) is 10.3 Å². The molecule has 0 aromatic carbocycles. The van der Waals surface area contributed by atoms with Gasteiger partial charge in [-0.1, -0.05) is 13.3 Å². The number of aromatic nitrogens is 1. The van der Waals surface area contributed by atoms with Crippen molar-refractivity contribution in [3.8, 4) is 5.75 Å². The Morgan fingerprint density at radius 1 is 1.47 bits per heavy atom. The lowest BCUT2D eigenvalue weighted by atomic mass is 10.1. The lowest BCUT2D eigenvalue weighted by molar-refractivity contribution is -0.139. The van der Waals surface area contributed by atoms with Crippen LogP contribution >= 0.6 is 0 Å². The summed E-state index contributed by atoms with van der Waals surface area (Å²) in [7, 11) is 0. The van der Waals surface area contributed by atoms with Gasteiger partial charge in [-0.3, -0.25) is 9.78 Å². The highest BCUT2D eigenvalue weighted by Crippen LogP contribution is 2.09. The van der Waals surface area contributed by atoms with Gasteiger partial charge in [0.1, 0.15) is 11.8 Å². The van der Waals surface area contributed by atoms with Crippen LogP contribution < -0.4 is 5.32 Å². The molecule has 0 fully saturated rings. The Morgan fingerprint density at radius 3 is 2.71 bits per heavy atom. The van der Waals surface area contributed by atoms with E-state index in [0.717, 1.165) is 0 Å². The van der Waals surface area contributed by atoms with Crippen LogP contribution in [-0.4, -0.2) is 33.1 Å². The number of hydrogen-bond donors (Lipinski definition) is 3. The molecule has 0 saturated carbocycles. The molecule has 6 nitrogen and oxygen atoms in total. The third kappa shape index (κ3) is 3.75. The van der Waals surface area contributed by atoms with Crippen molar-refractivity contribution < 1.29 is 19.8 Å². The standard InChI is InChI=1S/C11H14N2O4/c1-2-3-9(11(16)17)13-10(15)7-4-8(14)6-12-5-7/h4-6,9,14H,2-3H2,1H3,(H,13,15)(H,16,17). The molecule has 17 heavy (non-hydrogen) atoms. The van der Waals surface area contributed by atoms with Gasteiger partial charge in [-0.2, -0.15) is 0 Å². The summed E-state index contributed by atoms with van der Waals surface area (Å²) in [5, 5.41) is 20.4. The second kappa shape index (κ2) is 5.83. The second-order valence-electron chi connectivity index (χ2n) is 3.58. The molecule has 1 heterocycles. The molecule has 1 aromatic heterocycles. The number of pyridine rings is 1. The highest BCUT2D eigenvalue weighted by molar-refractivity contribution is 5.96. The molecule has 0 spiro atoms. The van der Waals surface area contributed by atoms with Gasteiger partial charge < -0.3 is 15.5 Å². The predicted octanol–water partition coefficient (Wildman–Crippen LogP) is 0.770. The van der Waals surface area contributed by atoms with Gasteiger partial charge in [-0.05, 0) is 12.5 Å². The summed E-state index contributed by atoms with van der Waals surface area (Å²) in [6, 6.07) is 0.308. The SMILES string of the molecule is CCCC(NC(=O)c1cncc(O)c1)C(=O)O. The molecule has 6 heteroatoms. The van der Waals surface area contributed by atoms with Gasteiger partial charge in [-0.25, -0.2) is 4.79 Å². The van der Waals surface area contributed by atoms with E-state index in [1.807, 2.05) is 6.92 Å². The van der Waals surface area contributed by atoms with E-state index in [9.17, 15) is 9.59 Å². The first-order chi connectivity index (χ1) is 8.04. The summed E-state index contributed by atoms with van der Waals surface area (Å²) < 4.78 is 0. The normalized spacial score (nSPS) is 11.8. The maximum Gasteiger partial charge on any atom is 0.326 e. The largest absolute Gasteiger partial charge is 0.506 e. The van der Waals surface area contributed by atoms with E-state index >= 15 is 0 Å². The lowest BCUT2D eigenvalue weighted by Gasteiger charge is -2.13. The number of aliphatic carboxylic acids is 1. The third-order valence-corrected chi connectivity index (χ3v) is 2.17. The maximum atomic E-state index is 11.7. The fraction of sp³-hybridized carbons (Fsp3) is 0.364. The molecule has 92 valence electrons. The van der Waals surface area contributed by atoms with Gasteiger partial charge in [0.05, 0.1) is 11.8 Å². The van der Waals surface area contributed by atoms with Gasteiger partial charge in [0.2, 0.25) is 0 Å². The molecule has 1 atom stereocenters. The number of carbonyl (C=O) groups excluding carboxylic acids is 1. The van der Waals surface area contributed by atoms with Crippen LogP contribution in [0.2, 0.25) is 0 Å². The number of carbonyl (C=O) groups is 2. The monoisotopic (exact) mass is 238 g/mol. The Hall–Kier alpha value is -2.11. The van der Waals surface area contributed by atoms with Crippen molar-refractivity contribution in [2.24, 2.45) is 0 Å². The number of nitrogens with one attached hydrogen (secondary N) is 1. The summed E-state index contributed by atoms with van der Waals surface area (Å²) in [5.74, 6) is -1.78. The molecule has 0 aliphatic heterocycles. The van der Waals surface area contributed by atoms with Crippen LogP contribution in [0.4, 0.5) is 0 Å². The van der Waals surface area contributed by atoms with Crippen molar-refractivity contribution in [3.05, 3.63) is 24.0 Å². The van der Waals surface area contributed by atoms with Gasteiger partial charge in [0, 0.05) is 6.20 Å². The van der Waals surface area contributed by atoms with E-state index in [0.29, 0.717) is 12.8 Å². The summed E-state index contributed by atoms with van der Waals surface area (Å²) in [5.41, 5.74) is 0.132. The van der Waals surface area contributed by atoms with E-state index in [1.165, 1.54) is 18.5 Å². The zero-order valence-corrected chi connectivity index (χ0v) is 9.38. The average molecular weight is 238 g/mol. The molecule has 0 saturated heterocycles. The fourth-order valence-corrected chi connectivity index (χ4v) is 1.34. The third-order valence-electron chi connectivity index (χ3n) is 2.17. The van der Waals surface area contributed by atoms with Crippen molar-refractivity contribution in [1.29, 1.82) is 0 Å².